The second-order valence-corrected chi connectivity index (χ2v) is 12.1. The van der Waals surface area contributed by atoms with Crippen molar-refractivity contribution in [3.63, 3.8) is 0 Å². The summed E-state index contributed by atoms with van der Waals surface area (Å²) in [6, 6.07) is 57.4. The third-order valence-corrected chi connectivity index (χ3v) is 9.69. The molecule has 0 amide bonds. The quantitative estimate of drug-likeness (QED) is 0.185. The fourth-order valence-electron chi connectivity index (χ4n) is 7.77. The van der Waals surface area contributed by atoms with Crippen molar-refractivity contribution in [2.75, 3.05) is 4.90 Å². The molecule has 0 radical (unpaired) electrons. The first-order valence-electron chi connectivity index (χ1n) is 15.9. The molecule has 7 aromatic carbocycles. The van der Waals surface area contributed by atoms with Gasteiger partial charge in [0.05, 0.1) is 16.9 Å². The smallest absolute Gasteiger partial charge is 0.232 e. The number of anilines is 2. The number of nitrogens with zero attached hydrogens (tertiary/aromatic N) is 3. The van der Waals surface area contributed by atoms with E-state index in [0.717, 1.165) is 66.8 Å². The van der Waals surface area contributed by atoms with Gasteiger partial charge in [-0.25, -0.2) is 9.97 Å². The van der Waals surface area contributed by atoms with Crippen LogP contribution in [0.2, 0.25) is 0 Å². The molecule has 0 atom stereocenters. The van der Waals surface area contributed by atoms with E-state index in [0.29, 0.717) is 5.95 Å². The molecule has 2 aliphatic rings. The first kappa shape index (κ1) is 26.0. The van der Waals surface area contributed by atoms with Crippen molar-refractivity contribution in [1.29, 1.82) is 0 Å². The maximum Gasteiger partial charge on any atom is 0.232 e. The van der Waals surface area contributed by atoms with Crippen LogP contribution in [0, 0.1) is 0 Å². The molecule has 4 nitrogen and oxygen atoms in total. The average molecular weight is 602 g/mol. The third kappa shape index (κ3) is 3.58. The number of ether oxygens (including phenoxy) is 1. The molecule has 1 spiro atoms. The summed E-state index contributed by atoms with van der Waals surface area (Å²) in [5.74, 6) is 2.16. The minimum Gasteiger partial charge on any atom is -0.455 e. The predicted molar refractivity (Wildman–Crippen MR) is 189 cm³/mol. The predicted octanol–water partition coefficient (Wildman–Crippen LogP) is 10.7. The van der Waals surface area contributed by atoms with Crippen LogP contribution < -0.4 is 9.64 Å². The average Bonchev–Trinajstić information content (AvgIpc) is 3.35. The van der Waals surface area contributed by atoms with E-state index >= 15 is 0 Å². The fraction of sp³-hybridized carbons (Fsp3) is 0.0233. The van der Waals surface area contributed by atoms with Gasteiger partial charge in [0.25, 0.3) is 0 Å². The summed E-state index contributed by atoms with van der Waals surface area (Å²) in [7, 11) is 0. The summed E-state index contributed by atoms with van der Waals surface area (Å²) in [4.78, 5) is 13.4. The van der Waals surface area contributed by atoms with Gasteiger partial charge in [0.2, 0.25) is 5.95 Å². The van der Waals surface area contributed by atoms with Crippen LogP contribution in [-0.2, 0) is 5.54 Å². The Kier molecular flexibility index (Phi) is 5.46. The van der Waals surface area contributed by atoms with E-state index in [-0.39, 0.29) is 0 Å². The van der Waals surface area contributed by atoms with E-state index in [4.69, 9.17) is 14.7 Å². The largest absolute Gasteiger partial charge is 0.455 e. The maximum absolute atomic E-state index is 6.85. The van der Waals surface area contributed by atoms with Crippen LogP contribution in [-0.4, -0.2) is 9.97 Å². The van der Waals surface area contributed by atoms with Gasteiger partial charge in [-0.05, 0) is 51.9 Å². The zero-order valence-corrected chi connectivity index (χ0v) is 25.3. The molecular weight excluding hydrogens is 574 g/mol. The summed E-state index contributed by atoms with van der Waals surface area (Å²) in [6.45, 7) is 0. The molecule has 8 aromatic rings. The maximum atomic E-state index is 6.85. The van der Waals surface area contributed by atoms with Crippen molar-refractivity contribution in [2.45, 2.75) is 5.54 Å². The van der Waals surface area contributed by atoms with Gasteiger partial charge in [-0.3, -0.25) is 4.90 Å². The van der Waals surface area contributed by atoms with Gasteiger partial charge in [0.15, 0.2) is 5.75 Å². The Morgan fingerprint density at radius 2 is 1.09 bits per heavy atom. The Bertz CT molecular complexity index is 2480. The van der Waals surface area contributed by atoms with Gasteiger partial charge in [0, 0.05) is 21.9 Å². The molecule has 0 saturated carbocycles. The monoisotopic (exact) mass is 601 g/mol. The van der Waals surface area contributed by atoms with E-state index in [1.165, 1.54) is 11.1 Å². The van der Waals surface area contributed by atoms with Crippen LogP contribution in [0.15, 0.2) is 164 Å². The summed E-state index contributed by atoms with van der Waals surface area (Å²) in [6.07, 6.45) is 0. The second kappa shape index (κ2) is 9.87. The van der Waals surface area contributed by atoms with Crippen LogP contribution in [0.5, 0.6) is 11.5 Å². The summed E-state index contributed by atoms with van der Waals surface area (Å²) in [5, 5.41) is 3.24. The van der Waals surface area contributed by atoms with Crippen LogP contribution in [0.25, 0.3) is 44.1 Å². The highest BCUT2D eigenvalue weighted by molar-refractivity contribution is 6.10. The Morgan fingerprint density at radius 1 is 0.468 bits per heavy atom. The van der Waals surface area contributed by atoms with E-state index < -0.39 is 5.54 Å². The van der Waals surface area contributed by atoms with Gasteiger partial charge in [-0.1, -0.05) is 140 Å². The SMILES string of the molecule is c1ccc(-c2nc(N3c4ccccc4Oc4ccccc4C34c3ccccc3-c3ccccc34)nc3c2ccc2ccccc23)cc1. The third-order valence-electron chi connectivity index (χ3n) is 9.69. The first-order valence-corrected chi connectivity index (χ1v) is 15.9. The van der Waals surface area contributed by atoms with Crippen molar-refractivity contribution in [3.05, 3.63) is 180 Å². The molecule has 0 N–H and O–H groups in total. The van der Waals surface area contributed by atoms with Crippen LogP contribution in [0.3, 0.4) is 0 Å². The lowest BCUT2D eigenvalue weighted by Gasteiger charge is -2.42. The number of fused-ring (bicyclic) bond motifs is 11. The molecule has 1 aliphatic carbocycles. The number of aromatic nitrogens is 2. The van der Waals surface area contributed by atoms with Gasteiger partial charge in [-0.15, -0.1) is 0 Å². The highest BCUT2D eigenvalue weighted by atomic mass is 16.5. The molecular formula is C43H27N3O. The van der Waals surface area contributed by atoms with E-state index in [9.17, 15) is 0 Å². The normalized spacial score (nSPS) is 13.8. The summed E-state index contributed by atoms with van der Waals surface area (Å²) in [5.41, 5.74) is 8.66. The van der Waals surface area contributed by atoms with E-state index in [1.54, 1.807) is 0 Å². The van der Waals surface area contributed by atoms with Gasteiger partial charge >= 0.3 is 0 Å². The Balaban J connectivity index is 1.42. The number of hydrogen-bond donors (Lipinski definition) is 0. The topological polar surface area (TPSA) is 38.2 Å². The van der Waals surface area contributed by atoms with Gasteiger partial charge in [0.1, 0.15) is 11.3 Å². The molecule has 1 aromatic heterocycles. The standard InChI is InChI=1S/C43H27N3O/c1-2-15-29(16-3-1)40-33-27-26-28-14-4-5-17-30(28)41(33)45-42(44-40)46-37-23-11-13-25-39(37)47-38-24-12-10-22-36(38)43(46)34-20-8-6-18-31(34)32-19-7-9-21-35(32)43/h1-27H. The lowest BCUT2D eigenvalue weighted by atomic mass is 9.78. The molecule has 1 aliphatic heterocycles. The molecule has 0 bridgehead atoms. The van der Waals surface area contributed by atoms with Gasteiger partial charge < -0.3 is 4.74 Å². The number of rotatable bonds is 2. The molecule has 0 saturated heterocycles. The summed E-state index contributed by atoms with van der Waals surface area (Å²) >= 11 is 0. The van der Waals surface area contributed by atoms with Crippen molar-refractivity contribution in [2.24, 2.45) is 0 Å². The van der Waals surface area contributed by atoms with Crippen LogP contribution in [0.1, 0.15) is 16.7 Å². The summed E-state index contributed by atoms with van der Waals surface area (Å²) < 4.78 is 6.85. The molecule has 0 unspecified atom stereocenters. The molecule has 10 rings (SSSR count). The Morgan fingerprint density at radius 3 is 1.87 bits per heavy atom. The van der Waals surface area contributed by atoms with Gasteiger partial charge in [-0.2, -0.15) is 0 Å². The number of benzene rings is 7. The minimum atomic E-state index is -0.831. The van der Waals surface area contributed by atoms with Crippen molar-refractivity contribution in [3.8, 4) is 33.9 Å². The molecule has 4 heteroatoms. The molecule has 0 fully saturated rings. The lowest BCUT2D eigenvalue weighted by Crippen LogP contribution is -2.44. The van der Waals surface area contributed by atoms with Crippen molar-refractivity contribution in [1.82, 2.24) is 9.97 Å². The number of hydrogen-bond acceptors (Lipinski definition) is 4. The highest BCUT2D eigenvalue weighted by Gasteiger charge is 2.54. The van der Waals surface area contributed by atoms with Crippen LogP contribution >= 0.6 is 0 Å². The molecule has 220 valence electrons. The van der Waals surface area contributed by atoms with Crippen molar-refractivity contribution < 1.29 is 4.74 Å². The minimum absolute atomic E-state index is 0.604. The Labute approximate surface area is 272 Å². The van der Waals surface area contributed by atoms with E-state index in [1.807, 2.05) is 24.3 Å². The van der Waals surface area contributed by atoms with Crippen molar-refractivity contribution >= 4 is 33.3 Å². The zero-order valence-electron chi connectivity index (χ0n) is 25.3. The first-order chi connectivity index (χ1) is 23.3. The number of para-hydroxylation sites is 3. The zero-order chi connectivity index (χ0) is 31.0. The second-order valence-electron chi connectivity index (χ2n) is 12.1. The fourth-order valence-corrected chi connectivity index (χ4v) is 7.77. The highest BCUT2D eigenvalue weighted by Crippen LogP contribution is 2.61. The molecule has 47 heavy (non-hydrogen) atoms. The lowest BCUT2D eigenvalue weighted by molar-refractivity contribution is 0.480. The molecule has 2 heterocycles. The Hall–Kier alpha value is -6.26. The van der Waals surface area contributed by atoms with E-state index in [2.05, 4.69) is 144 Å². The van der Waals surface area contributed by atoms with Crippen LogP contribution in [0.4, 0.5) is 11.6 Å².